The van der Waals surface area contributed by atoms with Crippen LogP contribution >= 0.6 is 11.3 Å². The van der Waals surface area contributed by atoms with Crippen LogP contribution in [0.3, 0.4) is 0 Å². The summed E-state index contributed by atoms with van der Waals surface area (Å²) in [7, 11) is 1.78. The number of carbonyl (C=O) groups excluding carboxylic acids is 1. The van der Waals surface area contributed by atoms with Crippen LogP contribution in [0.2, 0.25) is 0 Å². The van der Waals surface area contributed by atoms with E-state index in [1.807, 2.05) is 17.5 Å². The molecule has 0 aliphatic carbocycles. The summed E-state index contributed by atoms with van der Waals surface area (Å²) in [5, 5.41) is 8.00. The van der Waals surface area contributed by atoms with Crippen molar-refractivity contribution < 1.29 is 4.79 Å². The highest BCUT2D eigenvalue weighted by Crippen LogP contribution is 2.22. The molecule has 0 aliphatic rings. The van der Waals surface area contributed by atoms with Gasteiger partial charge in [-0.15, -0.1) is 11.3 Å². The predicted octanol–water partition coefficient (Wildman–Crippen LogP) is 3.07. The molecule has 0 bridgehead atoms. The summed E-state index contributed by atoms with van der Waals surface area (Å²) < 4.78 is 0. The minimum absolute atomic E-state index is 0.0682. The van der Waals surface area contributed by atoms with E-state index in [2.05, 4.69) is 22.5 Å². The highest BCUT2D eigenvalue weighted by Gasteiger charge is 2.15. The van der Waals surface area contributed by atoms with Gasteiger partial charge in [0, 0.05) is 23.7 Å². The van der Waals surface area contributed by atoms with Gasteiger partial charge in [-0.25, -0.2) is 4.98 Å². The molecule has 0 aromatic carbocycles. The molecule has 19 heavy (non-hydrogen) atoms. The van der Waals surface area contributed by atoms with E-state index in [-0.39, 0.29) is 11.9 Å². The van der Waals surface area contributed by atoms with Crippen LogP contribution in [-0.2, 0) is 0 Å². The first-order chi connectivity index (χ1) is 9.24. The zero-order valence-corrected chi connectivity index (χ0v) is 11.8. The molecule has 1 amide bonds. The van der Waals surface area contributed by atoms with Gasteiger partial charge in [-0.05, 0) is 30.0 Å². The standard InChI is InChI=1S/C14H17N3OS/c1-3-11(12-5-4-8-19-12)17-14(18)10-6-7-16-13(9-10)15-2/h4-9,11H,3H2,1-2H3,(H,15,16)(H,17,18). The zero-order chi connectivity index (χ0) is 13.7. The maximum absolute atomic E-state index is 12.2. The Morgan fingerprint density at radius 3 is 2.95 bits per heavy atom. The van der Waals surface area contributed by atoms with Crippen LogP contribution < -0.4 is 10.6 Å². The summed E-state index contributed by atoms with van der Waals surface area (Å²) in [5.74, 6) is 0.621. The SMILES string of the molecule is CCC(NC(=O)c1ccnc(NC)c1)c1cccs1. The minimum atomic E-state index is -0.0702. The van der Waals surface area contributed by atoms with Crippen LogP contribution in [0.25, 0.3) is 0 Å². The Bertz CT molecular complexity index is 539. The molecule has 1 atom stereocenters. The van der Waals surface area contributed by atoms with Gasteiger partial charge in [0.05, 0.1) is 6.04 Å². The second-order valence-corrected chi connectivity index (χ2v) is 5.11. The van der Waals surface area contributed by atoms with E-state index >= 15 is 0 Å². The molecule has 1 unspecified atom stereocenters. The van der Waals surface area contributed by atoms with Crippen LogP contribution in [0.4, 0.5) is 5.82 Å². The molecule has 0 spiro atoms. The Balaban J connectivity index is 2.11. The molecule has 100 valence electrons. The van der Waals surface area contributed by atoms with E-state index in [9.17, 15) is 4.79 Å². The molecule has 2 aromatic rings. The quantitative estimate of drug-likeness (QED) is 0.881. The number of carbonyl (C=O) groups is 1. The van der Waals surface area contributed by atoms with E-state index < -0.39 is 0 Å². The molecule has 0 saturated carbocycles. The van der Waals surface area contributed by atoms with E-state index in [1.54, 1.807) is 36.7 Å². The highest BCUT2D eigenvalue weighted by molar-refractivity contribution is 7.10. The summed E-state index contributed by atoms with van der Waals surface area (Å²) in [6, 6.07) is 7.58. The minimum Gasteiger partial charge on any atom is -0.373 e. The normalized spacial score (nSPS) is 11.9. The average molecular weight is 275 g/mol. The zero-order valence-electron chi connectivity index (χ0n) is 11.0. The average Bonchev–Trinajstić information content (AvgIpc) is 2.98. The summed E-state index contributed by atoms with van der Waals surface area (Å²) in [4.78, 5) is 17.5. The van der Waals surface area contributed by atoms with Gasteiger partial charge >= 0.3 is 0 Å². The number of hydrogen-bond acceptors (Lipinski definition) is 4. The van der Waals surface area contributed by atoms with Crippen molar-refractivity contribution in [3.63, 3.8) is 0 Å². The molecule has 0 saturated heterocycles. The van der Waals surface area contributed by atoms with Crippen LogP contribution in [0.5, 0.6) is 0 Å². The van der Waals surface area contributed by atoms with Gasteiger partial charge < -0.3 is 10.6 Å². The van der Waals surface area contributed by atoms with Gasteiger partial charge in [0.1, 0.15) is 5.82 Å². The maximum atomic E-state index is 12.2. The van der Waals surface area contributed by atoms with Crippen LogP contribution in [0, 0.1) is 0 Å². The van der Waals surface area contributed by atoms with Gasteiger partial charge in [0.2, 0.25) is 0 Å². The van der Waals surface area contributed by atoms with E-state index in [0.717, 1.165) is 6.42 Å². The molecule has 2 rings (SSSR count). The Hall–Kier alpha value is -1.88. The third kappa shape index (κ3) is 3.32. The lowest BCUT2D eigenvalue weighted by Gasteiger charge is -2.15. The van der Waals surface area contributed by atoms with Crippen molar-refractivity contribution >= 4 is 23.1 Å². The molecular weight excluding hydrogens is 258 g/mol. The summed E-state index contributed by atoms with van der Waals surface area (Å²) in [6.07, 6.45) is 2.50. The molecule has 4 nitrogen and oxygen atoms in total. The number of pyridine rings is 1. The Morgan fingerprint density at radius 2 is 2.32 bits per heavy atom. The third-order valence-electron chi connectivity index (χ3n) is 2.88. The number of hydrogen-bond donors (Lipinski definition) is 2. The largest absolute Gasteiger partial charge is 0.373 e. The van der Waals surface area contributed by atoms with E-state index in [4.69, 9.17) is 0 Å². The fraction of sp³-hybridized carbons (Fsp3) is 0.286. The summed E-state index contributed by atoms with van der Waals surface area (Å²) in [5.41, 5.74) is 0.620. The predicted molar refractivity (Wildman–Crippen MR) is 78.6 cm³/mol. The van der Waals surface area contributed by atoms with Gasteiger partial charge in [0.25, 0.3) is 5.91 Å². The molecule has 2 heterocycles. The monoisotopic (exact) mass is 275 g/mol. The number of aromatic nitrogens is 1. The molecule has 0 aliphatic heterocycles. The lowest BCUT2D eigenvalue weighted by Crippen LogP contribution is -2.27. The number of thiophene rings is 1. The number of amides is 1. The molecule has 0 fully saturated rings. The Labute approximate surface area is 116 Å². The molecule has 2 N–H and O–H groups in total. The number of nitrogens with one attached hydrogen (secondary N) is 2. The molecule has 5 heteroatoms. The van der Waals surface area contributed by atoms with Crippen molar-refractivity contribution in [2.24, 2.45) is 0 Å². The second-order valence-electron chi connectivity index (χ2n) is 4.13. The summed E-state index contributed by atoms with van der Waals surface area (Å²) >= 11 is 1.66. The van der Waals surface area contributed by atoms with Crippen LogP contribution in [0.15, 0.2) is 35.8 Å². The molecular formula is C14H17N3OS. The molecule has 2 aromatic heterocycles. The Kier molecular flexibility index (Phi) is 4.52. The van der Waals surface area contributed by atoms with Crippen molar-refractivity contribution in [2.75, 3.05) is 12.4 Å². The first-order valence-corrected chi connectivity index (χ1v) is 7.10. The van der Waals surface area contributed by atoms with Gasteiger partial charge in [0.15, 0.2) is 0 Å². The fourth-order valence-corrected chi connectivity index (χ4v) is 2.68. The topological polar surface area (TPSA) is 54.0 Å². The number of nitrogens with zero attached hydrogens (tertiary/aromatic N) is 1. The van der Waals surface area contributed by atoms with Crippen LogP contribution in [-0.4, -0.2) is 17.9 Å². The van der Waals surface area contributed by atoms with Gasteiger partial charge in [-0.3, -0.25) is 4.79 Å². The lowest BCUT2D eigenvalue weighted by atomic mass is 10.1. The third-order valence-corrected chi connectivity index (χ3v) is 3.86. The number of rotatable bonds is 5. The van der Waals surface area contributed by atoms with Crippen molar-refractivity contribution in [3.05, 3.63) is 46.3 Å². The van der Waals surface area contributed by atoms with Crippen molar-refractivity contribution in [1.29, 1.82) is 0 Å². The smallest absolute Gasteiger partial charge is 0.251 e. The first kappa shape index (κ1) is 13.5. The van der Waals surface area contributed by atoms with Crippen molar-refractivity contribution in [3.8, 4) is 0 Å². The lowest BCUT2D eigenvalue weighted by molar-refractivity contribution is 0.0936. The van der Waals surface area contributed by atoms with Crippen molar-refractivity contribution in [2.45, 2.75) is 19.4 Å². The fourth-order valence-electron chi connectivity index (χ4n) is 1.81. The highest BCUT2D eigenvalue weighted by atomic mass is 32.1. The van der Waals surface area contributed by atoms with E-state index in [0.29, 0.717) is 11.4 Å². The van der Waals surface area contributed by atoms with Crippen LogP contribution in [0.1, 0.15) is 34.6 Å². The first-order valence-electron chi connectivity index (χ1n) is 6.22. The number of anilines is 1. The van der Waals surface area contributed by atoms with Gasteiger partial charge in [-0.1, -0.05) is 13.0 Å². The maximum Gasteiger partial charge on any atom is 0.251 e. The van der Waals surface area contributed by atoms with Crippen molar-refractivity contribution in [1.82, 2.24) is 10.3 Å². The summed E-state index contributed by atoms with van der Waals surface area (Å²) in [6.45, 7) is 2.07. The van der Waals surface area contributed by atoms with E-state index in [1.165, 1.54) is 4.88 Å². The Morgan fingerprint density at radius 1 is 1.47 bits per heavy atom. The molecule has 0 radical (unpaired) electrons. The second kappa shape index (κ2) is 6.33. The van der Waals surface area contributed by atoms with Gasteiger partial charge in [-0.2, -0.15) is 0 Å².